The van der Waals surface area contributed by atoms with Crippen molar-refractivity contribution >= 4 is 11.7 Å². The topological polar surface area (TPSA) is 97.5 Å². The lowest BCUT2D eigenvalue weighted by molar-refractivity contribution is -0.0811. The summed E-state index contributed by atoms with van der Waals surface area (Å²) in [6.45, 7) is 4.45. The van der Waals surface area contributed by atoms with Crippen molar-refractivity contribution < 1.29 is 14.1 Å². The van der Waals surface area contributed by atoms with Gasteiger partial charge in [-0.3, -0.25) is 4.79 Å². The van der Waals surface area contributed by atoms with E-state index in [4.69, 9.17) is 9.26 Å². The molecule has 0 saturated carbocycles. The third kappa shape index (κ3) is 3.35. The van der Waals surface area contributed by atoms with Crippen molar-refractivity contribution in [3.63, 3.8) is 0 Å². The van der Waals surface area contributed by atoms with Gasteiger partial charge >= 0.3 is 0 Å². The van der Waals surface area contributed by atoms with Gasteiger partial charge in [-0.05, 0) is 13.8 Å². The minimum atomic E-state index is -0.437. The Morgan fingerprint density at radius 2 is 2.08 bits per heavy atom. The van der Waals surface area contributed by atoms with Crippen LogP contribution in [0.15, 0.2) is 16.9 Å². The second kappa shape index (κ2) is 6.52. The summed E-state index contributed by atoms with van der Waals surface area (Å²) in [5, 5.41) is 3.77. The van der Waals surface area contributed by atoms with Gasteiger partial charge in [0.15, 0.2) is 11.9 Å². The van der Waals surface area contributed by atoms with Gasteiger partial charge in [-0.25, -0.2) is 9.97 Å². The van der Waals surface area contributed by atoms with E-state index >= 15 is 0 Å². The first-order chi connectivity index (χ1) is 11.4. The number of morpholine rings is 1. The SMILES string of the molecule is Cc1noc([C@H]2CN(C(=O)c3cnc(N(C)C)cn3)C[C@@H](C)O2)n1. The lowest BCUT2D eigenvalue weighted by Gasteiger charge is -2.35. The van der Waals surface area contributed by atoms with Crippen LogP contribution in [0.5, 0.6) is 0 Å². The molecule has 24 heavy (non-hydrogen) atoms. The van der Waals surface area contributed by atoms with Crippen molar-refractivity contribution in [2.75, 3.05) is 32.1 Å². The van der Waals surface area contributed by atoms with Crippen LogP contribution in [0.3, 0.4) is 0 Å². The molecular formula is C15H20N6O3. The molecule has 1 saturated heterocycles. The normalized spacial score (nSPS) is 20.9. The van der Waals surface area contributed by atoms with Crippen LogP contribution in [0.4, 0.5) is 5.82 Å². The average Bonchev–Trinajstić information content (AvgIpc) is 3.00. The number of ether oxygens (including phenoxy) is 1. The van der Waals surface area contributed by atoms with Gasteiger partial charge in [0.25, 0.3) is 11.8 Å². The van der Waals surface area contributed by atoms with Gasteiger partial charge in [0.05, 0.1) is 25.0 Å². The van der Waals surface area contributed by atoms with Crippen molar-refractivity contribution in [2.45, 2.75) is 26.1 Å². The highest BCUT2D eigenvalue weighted by Crippen LogP contribution is 2.25. The fourth-order valence-corrected chi connectivity index (χ4v) is 2.52. The van der Waals surface area contributed by atoms with Crippen molar-refractivity contribution in [1.29, 1.82) is 0 Å². The Balaban J connectivity index is 1.76. The minimum absolute atomic E-state index is 0.145. The molecular weight excluding hydrogens is 312 g/mol. The average molecular weight is 332 g/mol. The van der Waals surface area contributed by atoms with E-state index in [1.807, 2.05) is 25.9 Å². The van der Waals surface area contributed by atoms with Gasteiger partial charge in [-0.1, -0.05) is 5.16 Å². The molecule has 2 atom stereocenters. The first-order valence-electron chi connectivity index (χ1n) is 7.68. The molecule has 0 bridgehead atoms. The van der Waals surface area contributed by atoms with Crippen molar-refractivity contribution in [1.82, 2.24) is 25.0 Å². The smallest absolute Gasteiger partial charge is 0.274 e. The Morgan fingerprint density at radius 1 is 1.29 bits per heavy atom. The Labute approximate surface area is 139 Å². The standard InChI is InChI=1S/C15H20N6O3/c1-9-7-21(8-12(23-9)14-18-10(2)19-24-14)15(22)11-5-17-13(6-16-11)20(3)4/h5-6,9,12H,7-8H2,1-4H3/t9-,12-/m1/s1. The van der Waals surface area contributed by atoms with Gasteiger partial charge in [0.1, 0.15) is 11.5 Å². The number of aromatic nitrogens is 4. The van der Waals surface area contributed by atoms with Crippen LogP contribution in [0.2, 0.25) is 0 Å². The molecule has 3 rings (SSSR count). The lowest BCUT2D eigenvalue weighted by atomic mass is 10.2. The van der Waals surface area contributed by atoms with Crippen molar-refractivity contribution in [3.05, 3.63) is 29.8 Å². The molecule has 0 unspecified atom stereocenters. The van der Waals surface area contributed by atoms with Crippen molar-refractivity contribution in [3.8, 4) is 0 Å². The molecule has 0 spiro atoms. The molecule has 0 aliphatic carbocycles. The molecule has 2 aromatic heterocycles. The highest BCUT2D eigenvalue weighted by molar-refractivity contribution is 5.92. The van der Waals surface area contributed by atoms with E-state index in [1.165, 1.54) is 6.20 Å². The molecule has 9 nitrogen and oxygen atoms in total. The Bertz CT molecular complexity index is 714. The molecule has 128 valence electrons. The molecule has 3 heterocycles. The zero-order chi connectivity index (χ0) is 17.3. The second-order valence-electron chi connectivity index (χ2n) is 5.98. The largest absolute Gasteiger partial charge is 0.362 e. The monoisotopic (exact) mass is 332 g/mol. The summed E-state index contributed by atoms with van der Waals surface area (Å²) in [6, 6.07) is 0. The number of hydrogen-bond donors (Lipinski definition) is 0. The number of anilines is 1. The maximum atomic E-state index is 12.7. The summed E-state index contributed by atoms with van der Waals surface area (Å²) in [7, 11) is 3.73. The van der Waals surface area contributed by atoms with E-state index in [1.54, 1.807) is 18.0 Å². The summed E-state index contributed by atoms with van der Waals surface area (Å²) in [4.78, 5) is 28.8. The second-order valence-corrected chi connectivity index (χ2v) is 5.98. The summed E-state index contributed by atoms with van der Waals surface area (Å²) in [5.41, 5.74) is 0.301. The molecule has 2 aromatic rings. The fourth-order valence-electron chi connectivity index (χ4n) is 2.52. The van der Waals surface area contributed by atoms with Gasteiger partial charge in [-0.2, -0.15) is 4.98 Å². The van der Waals surface area contributed by atoms with Gasteiger partial charge in [-0.15, -0.1) is 0 Å². The number of nitrogens with zero attached hydrogens (tertiary/aromatic N) is 6. The summed E-state index contributed by atoms with van der Waals surface area (Å²) < 4.78 is 11.0. The highest BCUT2D eigenvalue weighted by atomic mass is 16.5. The highest BCUT2D eigenvalue weighted by Gasteiger charge is 2.33. The first-order valence-corrected chi connectivity index (χ1v) is 7.68. The number of carbonyl (C=O) groups is 1. The quantitative estimate of drug-likeness (QED) is 0.815. The van der Waals surface area contributed by atoms with Crippen LogP contribution in [0, 0.1) is 6.92 Å². The fraction of sp³-hybridized carbons (Fsp3) is 0.533. The van der Waals surface area contributed by atoms with Crippen LogP contribution in [0.1, 0.15) is 35.2 Å². The van der Waals surface area contributed by atoms with E-state index in [2.05, 4.69) is 20.1 Å². The molecule has 1 aliphatic heterocycles. The Kier molecular flexibility index (Phi) is 4.43. The maximum Gasteiger partial charge on any atom is 0.274 e. The minimum Gasteiger partial charge on any atom is -0.362 e. The molecule has 1 amide bonds. The Morgan fingerprint density at radius 3 is 2.67 bits per heavy atom. The van der Waals surface area contributed by atoms with Gasteiger partial charge in [0, 0.05) is 20.6 Å². The van der Waals surface area contributed by atoms with E-state index in [9.17, 15) is 4.79 Å². The third-order valence-corrected chi connectivity index (χ3v) is 3.68. The van der Waals surface area contributed by atoms with Crippen LogP contribution in [-0.4, -0.2) is 64.2 Å². The molecule has 1 aliphatic rings. The van der Waals surface area contributed by atoms with Crippen LogP contribution in [-0.2, 0) is 4.74 Å². The van der Waals surface area contributed by atoms with E-state index in [0.29, 0.717) is 36.3 Å². The van der Waals surface area contributed by atoms with Crippen molar-refractivity contribution in [2.24, 2.45) is 0 Å². The first kappa shape index (κ1) is 16.3. The predicted molar refractivity (Wildman–Crippen MR) is 84.6 cm³/mol. The predicted octanol–water partition coefficient (Wildman–Crippen LogP) is 0.836. The lowest BCUT2D eigenvalue weighted by Crippen LogP contribution is -2.46. The number of aryl methyl sites for hydroxylation is 1. The number of rotatable bonds is 3. The summed E-state index contributed by atoms with van der Waals surface area (Å²) in [6.07, 6.45) is 2.49. The van der Waals surface area contributed by atoms with Gasteiger partial charge in [0.2, 0.25) is 0 Å². The van der Waals surface area contributed by atoms with Crippen LogP contribution >= 0.6 is 0 Å². The molecule has 9 heteroatoms. The van der Waals surface area contributed by atoms with Gasteiger partial charge < -0.3 is 19.1 Å². The van der Waals surface area contributed by atoms with E-state index < -0.39 is 6.10 Å². The summed E-state index contributed by atoms with van der Waals surface area (Å²) in [5.74, 6) is 1.42. The number of carbonyl (C=O) groups excluding carboxylic acids is 1. The maximum absolute atomic E-state index is 12.7. The van der Waals surface area contributed by atoms with Crippen LogP contribution in [0.25, 0.3) is 0 Å². The third-order valence-electron chi connectivity index (χ3n) is 3.68. The van der Waals surface area contributed by atoms with Crippen LogP contribution < -0.4 is 4.90 Å². The molecule has 1 fully saturated rings. The molecule has 0 N–H and O–H groups in total. The number of amides is 1. The van der Waals surface area contributed by atoms with E-state index in [0.717, 1.165) is 0 Å². The summed E-state index contributed by atoms with van der Waals surface area (Å²) >= 11 is 0. The Hall–Kier alpha value is -2.55. The molecule has 0 aromatic carbocycles. The zero-order valence-corrected chi connectivity index (χ0v) is 14.1. The number of hydrogen-bond acceptors (Lipinski definition) is 8. The zero-order valence-electron chi connectivity index (χ0n) is 14.1. The van der Waals surface area contributed by atoms with E-state index in [-0.39, 0.29) is 12.0 Å². The molecule has 0 radical (unpaired) electrons.